The van der Waals surface area contributed by atoms with Crippen molar-refractivity contribution in [1.29, 1.82) is 0 Å². The highest BCUT2D eigenvalue weighted by Crippen LogP contribution is 2.26. The summed E-state index contributed by atoms with van der Waals surface area (Å²) in [5.74, 6) is 1.11. The first kappa shape index (κ1) is 24.1. The average molecular weight is 459 g/mol. The molecule has 6 nitrogen and oxygen atoms in total. The summed E-state index contributed by atoms with van der Waals surface area (Å²) in [6, 6.07) is 14.2. The normalized spacial score (nSPS) is 14.9. The van der Waals surface area contributed by atoms with Gasteiger partial charge in [-0.25, -0.2) is 8.42 Å². The predicted octanol–water partition coefficient (Wildman–Crippen LogP) is 4.75. The van der Waals surface area contributed by atoms with Crippen molar-refractivity contribution in [3.05, 3.63) is 59.7 Å². The van der Waals surface area contributed by atoms with Crippen LogP contribution in [0.25, 0.3) is 0 Å². The summed E-state index contributed by atoms with van der Waals surface area (Å²) in [6.07, 6.45) is 7.35. The molecule has 1 aliphatic carbocycles. The van der Waals surface area contributed by atoms with E-state index in [0.717, 1.165) is 12.1 Å². The van der Waals surface area contributed by atoms with Crippen molar-refractivity contribution in [3.63, 3.8) is 0 Å². The molecule has 1 N–H and O–H groups in total. The fourth-order valence-corrected chi connectivity index (χ4v) is 4.92. The smallest absolute Gasteiger partial charge is 0.251 e. The molecule has 1 fully saturated rings. The van der Waals surface area contributed by atoms with Crippen LogP contribution in [-0.2, 0) is 16.6 Å². The minimum atomic E-state index is -3.51. The molecule has 0 bridgehead atoms. The number of nitrogens with one attached hydrogen (secondary N) is 1. The molecule has 0 aliphatic heterocycles. The second-order valence-corrected chi connectivity index (χ2v) is 10.8. The average Bonchev–Trinajstić information content (AvgIpc) is 2.76. The highest BCUT2D eigenvalue weighted by molar-refractivity contribution is 7.92. The third kappa shape index (κ3) is 6.99. The van der Waals surface area contributed by atoms with Gasteiger partial charge in [-0.15, -0.1) is 0 Å². The largest absolute Gasteiger partial charge is 0.491 e. The Hall–Kier alpha value is -2.54. The molecule has 3 rings (SSSR count). The van der Waals surface area contributed by atoms with Gasteiger partial charge >= 0.3 is 0 Å². The van der Waals surface area contributed by atoms with Gasteiger partial charge < -0.3 is 10.1 Å². The van der Waals surface area contributed by atoms with Crippen LogP contribution in [0.1, 0.15) is 61.9 Å². The molecule has 0 unspecified atom stereocenters. The van der Waals surface area contributed by atoms with Gasteiger partial charge in [0.05, 0.1) is 24.6 Å². The number of hydrogen-bond donors (Lipinski definition) is 1. The highest BCUT2D eigenvalue weighted by atomic mass is 32.2. The van der Waals surface area contributed by atoms with E-state index < -0.39 is 10.0 Å². The number of rotatable bonds is 9. The number of ether oxygens (including phenoxy) is 1. The Bertz CT molecular complexity index is 997. The van der Waals surface area contributed by atoms with E-state index in [2.05, 4.69) is 5.32 Å². The van der Waals surface area contributed by atoms with Crippen molar-refractivity contribution < 1.29 is 17.9 Å². The second kappa shape index (κ2) is 10.9. The Morgan fingerprint density at radius 2 is 1.78 bits per heavy atom. The monoisotopic (exact) mass is 458 g/mol. The van der Waals surface area contributed by atoms with E-state index in [-0.39, 0.29) is 18.6 Å². The van der Waals surface area contributed by atoms with Crippen molar-refractivity contribution >= 4 is 21.6 Å². The number of amides is 1. The van der Waals surface area contributed by atoms with E-state index in [1.54, 1.807) is 30.3 Å². The molecule has 1 amide bonds. The molecule has 174 valence electrons. The van der Waals surface area contributed by atoms with Gasteiger partial charge in [-0.05, 0) is 62.4 Å². The summed E-state index contributed by atoms with van der Waals surface area (Å²) < 4.78 is 32.1. The molecule has 0 spiro atoms. The first-order chi connectivity index (χ1) is 15.2. The molecule has 7 heteroatoms. The summed E-state index contributed by atoms with van der Waals surface area (Å²) in [5, 5.41) is 3.04. The Labute approximate surface area is 192 Å². The highest BCUT2D eigenvalue weighted by Gasteiger charge is 2.19. The Balaban J connectivity index is 1.68. The molecule has 0 heterocycles. The van der Waals surface area contributed by atoms with Crippen LogP contribution in [0, 0.1) is 5.92 Å². The van der Waals surface area contributed by atoms with E-state index in [1.807, 2.05) is 32.0 Å². The van der Waals surface area contributed by atoms with Gasteiger partial charge in [0.1, 0.15) is 5.75 Å². The van der Waals surface area contributed by atoms with Crippen molar-refractivity contribution in [3.8, 4) is 5.75 Å². The lowest BCUT2D eigenvalue weighted by molar-refractivity contribution is 0.0943. The van der Waals surface area contributed by atoms with Crippen molar-refractivity contribution in [2.24, 2.45) is 5.92 Å². The van der Waals surface area contributed by atoms with Crippen LogP contribution < -0.4 is 14.4 Å². The van der Waals surface area contributed by atoms with Crippen LogP contribution >= 0.6 is 0 Å². The van der Waals surface area contributed by atoms with Crippen LogP contribution in [-0.4, -0.2) is 33.2 Å². The number of hydrogen-bond acceptors (Lipinski definition) is 4. The van der Waals surface area contributed by atoms with Crippen molar-refractivity contribution in [2.75, 3.05) is 17.1 Å². The minimum absolute atomic E-state index is 0.00580. The van der Waals surface area contributed by atoms with Gasteiger partial charge in [0.25, 0.3) is 5.91 Å². The van der Waals surface area contributed by atoms with Gasteiger partial charge in [0.15, 0.2) is 0 Å². The molecule has 2 aromatic rings. The van der Waals surface area contributed by atoms with Crippen molar-refractivity contribution in [1.82, 2.24) is 5.32 Å². The zero-order valence-corrected chi connectivity index (χ0v) is 20.0. The summed E-state index contributed by atoms with van der Waals surface area (Å²) in [4.78, 5) is 12.5. The number of carbonyl (C=O) groups is 1. The molecule has 1 saturated carbocycles. The third-order valence-corrected chi connectivity index (χ3v) is 6.84. The number of benzene rings is 2. The van der Waals surface area contributed by atoms with Crippen LogP contribution in [0.4, 0.5) is 5.69 Å². The summed E-state index contributed by atoms with van der Waals surface area (Å²) in [5.41, 5.74) is 1.93. The zero-order valence-electron chi connectivity index (χ0n) is 19.2. The fourth-order valence-electron chi connectivity index (χ4n) is 4.04. The number of carbonyl (C=O) groups excluding carboxylic acids is 1. The summed E-state index contributed by atoms with van der Waals surface area (Å²) in [7, 11) is -3.51. The standard InChI is InChI=1S/C25H34N2O4S/c1-19(2)31-24-11-7-10-23(16-24)27(32(3,29)30)18-21-12-14-22(15-13-21)25(28)26-17-20-8-5-4-6-9-20/h7,10-16,19-20H,4-6,8-9,17-18H2,1-3H3,(H,26,28). The minimum Gasteiger partial charge on any atom is -0.491 e. The number of sulfonamides is 1. The number of nitrogens with zero attached hydrogens (tertiary/aromatic N) is 1. The third-order valence-electron chi connectivity index (χ3n) is 5.70. The summed E-state index contributed by atoms with van der Waals surface area (Å²) >= 11 is 0. The van der Waals surface area contributed by atoms with Gasteiger partial charge in [0, 0.05) is 18.2 Å². The Morgan fingerprint density at radius 3 is 2.41 bits per heavy atom. The van der Waals surface area contributed by atoms with E-state index in [9.17, 15) is 13.2 Å². The van der Waals surface area contributed by atoms with E-state index in [1.165, 1.54) is 42.7 Å². The quantitative estimate of drug-likeness (QED) is 0.588. The van der Waals surface area contributed by atoms with Gasteiger partial charge in [-0.1, -0.05) is 37.5 Å². The Morgan fingerprint density at radius 1 is 1.09 bits per heavy atom. The fraction of sp³-hybridized carbons (Fsp3) is 0.480. The van der Waals surface area contributed by atoms with Crippen LogP contribution in [0.3, 0.4) is 0 Å². The molecule has 0 radical (unpaired) electrons. The van der Waals surface area contributed by atoms with Gasteiger partial charge in [-0.2, -0.15) is 0 Å². The lowest BCUT2D eigenvalue weighted by Crippen LogP contribution is -2.30. The molecule has 32 heavy (non-hydrogen) atoms. The lowest BCUT2D eigenvalue weighted by Gasteiger charge is -2.23. The first-order valence-electron chi connectivity index (χ1n) is 11.3. The van der Waals surface area contributed by atoms with Crippen LogP contribution in [0.15, 0.2) is 48.5 Å². The summed E-state index contributed by atoms with van der Waals surface area (Å²) in [6.45, 7) is 4.74. The van der Waals surface area contributed by atoms with Gasteiger partial charge in [0.2, 0.25) is 10.0 Å². The van der Waals surface area contributed by atoms with Crippen LogP contribution in [0.5, 0.6) is 5.75 Å². The first-order valence-corrected chi connectivity index (χ1v) is 13.2. The predicted molar refractivity (Wildman–Crippen MR) is 129 cm³/mol. The number of anilines is 1. The topological polar surface area (TPSA) is 75.7 Å². The second-order valence-electron chi connectivity index (χ2n) is 8.84. The molecule has 2 aromatic carbocycles. The maximum Gasteiger partial charge on any atom is 0.251 e. The maximum atomic E-state index is 12.5. The zero-order chi connectivity index (χ0) is 23.1. The van der Waals surface area contributed by atoms with E-state index >= 15 is 0 Å². The van der Waals surface area contributed by atoms with Crippen LogP contribution in [0.2, 0.25) is 0 Å². The maximum absolute atomic E-state index is 12.5. The molecule has 0 atom stereocenters. The lowest BCUT2D eigenvalue weighted by atomic mass is 9.89. The molecule has 0 saturated heterocycles. The van der Waals surface area contributed by atoms with E-state index in [4.69, 9.17) is 4.74 Å². The van der Waals surface area contributed by atoms with E-state index in [0.29, 0.717) is 22.9 Å². The van der Waals surface area contributed by atoms with Gasteiger partial charge in [-0.3, -0.25) is 9.10 Å². The van der Waals surface area contributed by atoms with Crippen molar-refractivity contribution in [2.45, 2.75) is 58.6 Å². The SMILES string of the molecule is CC(C)Oc1cccc(N(Cc2ccc(C(=O)NCC3CCCCC3)cc2)S(C)(=O)=O)c1. The molecular formula is C25H34N2O4S. The molecule has 1 aliphatic rings. The Kier molecular flexibility index (Phi) is 8.18. The molecular weight excluding hydrogens is 424 g/mol. The molecule has 0 aromatic heterocycles.